The Morgan fingerprint density at radius 3 is 2.15 bits per heavy atom. The number of hydrogen-bond acceptors (Lipinski definition) is 4. The molecule has 0 heterocycles. The Hall–Kier alpha value is -3.79. The molecule has 0 aliphatic heterocycles. The molecule has 2 aromatic rings. The van der Waals surface area contributed by atoms with E-state index in [-0.39, 0.29) is 31.4 Å². The van der Waals surface area contributed by atoms with Crippen molar-refractivity contribution in [3.63, 3.8) is 0 Å². The van der Waals surface area contributed by atoms with E-state index in [9.17, 15) is 14.4 Å². The quantitative estimate of drug-likeness (QED) is 0.587. The second kappa shape index (κ2) is 10.2. The number of amides is 2. The fourth-order valence-electron chi connectivity index (χ4n) is 3.88. The summed E-state index contributed by atoms with van der Waals surface area (Å²) in [6.45, 7) is 5.86. The molecule has 2 aromatic carbocycles. The zero-order valence-corrected chi connectivity index (χ0v) is 19.0. The van der Waals surface area contributed by atoms with E-state index in [0.29, 0.717) is 0 Å². The third-order valence-corrected chi connectivity index (χ3v) is 5.64. The molecule has 1 atom stereocenters. The Bertz CT molecular complexity index is 1060. The number of nitrogens with one attached hydrogen (secondary N) is 2. The number of aliphatic carboxylic acids is 1. The fourth-order valence-corrected chi connectivity index (χ4v) is 3.88. The van der Waals surface area contributed by atoms with E-state index in [1.807, 2.05) is 51.0 Å². The van der Waals surface area contributed by atoms with Crippen LogP contribution in [0.2, 0.25) is 0 Å². The summed E-state index contributed by atoms with van der Waals surface area (Å²) in [4.78, 5) is 35.3. The molecule has 172 valence electrons. The van der Waals surface area contributed by atoms with Crippen molar-refractivity contribution in [2.24, 2.45) is 5.41 Å². The average molecular weight is 449 g/mol. The third-order valence-electron chi connectivity index (χ3n) is 5.64. The Kier molecular flexibility index (Phi) is 7.39. The van der Waals surface area contributed by atoms with Crippen molar-refractivity contribution in [3.8, 4) is 23.0 Å². The predicted molar refractivity (Wildman–Crippen MR) is 124 cm³/mol. The van der Waals surface area contributed by atoms with Crippen LogP contribution in [0.3, 0.4) is 0 Å². The molecule has 1 unspecified atom stereocenters. The van der Waals surface area contributed by atoms with Gasteiger partial charge in [0.25, 0.3) is 0 Å². The van der Waals surface area contributed by atoms with Crippen LogP contribution < -0.4 is 10.6 Å². The first-order chi connectivity index (χ1) is 15.7. The molecule has 3 rings (SSSR count). The van der Waals surface area contributed by atoms with Gasteiger partial charge >= 0.3 is 12.1 Å². The van der Waals surface area contributed by atoms with E-state index in [4.69, 9.17) is 9.84 Å². The van der Waals surface area contributed by atoms with E-state index < -0.39 is 23.5 Å². The summed E-state index contributed by atoms with van der Waals surface area (Å²) in [5.41, 5.74) is 4.14. The van der Waals surface area contributed by atoms with Crippen molar-refractivity contribution in [2.75, 3.05) is 13.2 Å². The number of carbonyl (C=O) groups is 3. The minimum Gasteiger partial charge on any atom is -0.472 e. The first kappa shape index (κ1) is 23.9. The maximum atomic E-state index is 12.6. The Labute approximate surface area is 193 Å². The van der Waals surface area contributed by atoms with E-state index >= 15 is 0 Å². The van der Waals surface area contributed by atoms with Gasteiger partial charge in [-0.25, -0.2) is 9.59 Å². The highest BCUT2D eigenvalue weighted by Gasteiger charge is 2.31. The van der Waals surface area contributed by atoms with Gasteiger partial charge in [-0.15, -0.1) is 0 Å². The first-order valence-electron chi connectivity index (χ1n) is 10.8. The number of carbonyl (C=O) groups excluding carboxylic acids is 2. The van der Waals surface area contributed by atoms with Gasteiger partial charge in [-0.3, -0.25) is 4.79 Å². The summed E-state index contributed by atoms with van der Waals surface area (Å²) < 4.78 is 5.60. The third kappa shape index (κ3) is 6.13. The van der Waals surface area contributed by atoms with Gasteiger partial charge in [-0.05, 0) is 27.7 Å². The molecule has 1 aliphatic rings. The second-order valence-corrected chi connectivity index (χ2v) is 8.98. The molecule has 7 nitrogen and oxygen atoms in total. The predicted octanol–water partition coefficient (Wildman–Crippen LogP) is 3.53. The maximum Gasteiger partial charge on any atom is 0.407 e. The van der Waals surface area contributed by atoms with Crippen LogP contribution in [0.1, 0.15) is 44.2 Å². The van der Waals surface area contributed by atoms with Crippen molar-refractivity contribution in [1.29, 1.82) is 0 Å². The average Bonchev–Trinajstić information content (AvgIpc) is 3.08. The van der Waals surface area contributed by atoms with Crippen LogP contribution in [0, 0.1) is 17.3 Å². The van der Waals surface area contributed by atoms with E-state index in [1.54, 1.807) is 0 Å². The molecule has 0 bridgehead atoms. The van der Waals surface area contributed by atoms with Gasteiger partial charge in [0, 0.05) is 24.3 Å². The zero-order valence-electron chi connectivity index (χ0n) is 19.0. The van der Waals surface area contributed by atoms with Gasteiger partial charge in [0.05, 0.1) is 6.54 Å². The molecule has 7 heteroatoms. The molecule has 1 aliphatic carbocycles. The monoisotopic (exact) mass is 448 g/mol. The molecule has 0 radical (unpaired) electrons. The molecule has 33 heavy (non-hydrogen) atoms. The number of hydrogen-bond donors (Lipinski definition) is 3. The van der Waals surface area contributed by atoms with Crippen LogP contribution in [0.4, 0.5) is 4.79 Å². The van der Waals surface area contributed by atoms with Crippen molar-refractivity contribution in [3.05, 3.63) is 59.7 Å². The molecule has 0 aromatic heterocycles. The topological polar surface area (TPSA) is 105 Å². The summed E-state index contributed by atoms with van der Waals surface area (Å²) in [7, 11) is 0. The van der Waals surface area contributed by atoms with Crippen LogP contribution in [0.15, 0.2) is 48.5 Å². The zero-order chi connectivity index (χ0) is 24.0. The second-order valence-electron chi connectivity index (χ2n) is 8.98. The molecule has 0 saturated carbocycles. The lowest BCUT2D eigenvalue weighted by Crippen LogP contribution is -2.47. The summed E-state index contributed by atoms with van der Waals surface area (Å²) in [5.74, 6) is 2.64. The highest BCUT2D eigenvalue weighted by atomic mass is 16.5. The summed E-state index contributed by atoms with van der Waals surface area (Å²) in [5, 5.41) is 13.9. The van der Waals surface area contributed by atoms with Crippen molar-refractivity contribution in [2.45, 2.75) is 39.2 Å². The number of benzene rings is 2. The maximum absolute atomic E-state index is 12.6. The highest BCUT2D eigenvalue weighted by molar-refractivity contribution is 5.86. The van der Waals surface area contributed by atoms with Crippen molar-refractivity contribution in [1.82, 2.24) is 10.6 Å². The molecule has 0 spiro atoms. The summed E-state index contributed by atoms with van der Waals surface area (Å²) in [6, 6.07) is 15.7. The van der Waals surface area contributed by atoms with Gasteiger partial charge in [0.1, 0.15) is 6.61 Å². The molecular weight excluding hydrogens is 420 g/mol. The number of carboxylic acid groups (broad SMARTS) is 1. The largest absolute Gasteiger partial charge is 0.472 e. The van der Waals surface area contributed by atoms with Gasteiger partial charge in [0.2, 0.25) is 5.91 Å². The van der Waals surface area contributed by atoms with Gasteiger partial charge < -0.3 is 20.5 Å². The normalized spacial score (nSPS) is 13.1. The van der Waals surface area contributed by atoms with Crippen LogP contribution in [-0.4, -0.2) is 42.3 Å². The molecule has 3 N–H and O–H groups in total. The van der Waals surface area contributed by atoms with Crippen LogP contribution in [-0.2, 0) is 14.3 Å². The van der Waals surface area contributed by atoms with Crippen molar-refractivity contribution >= 4 is 18.0 Å². The van der Waals surface area contributed by atoms with Crippen LogP contribution in [0.5, 0.6) is 0 Å². The summed E-state index contributed by atoms with van der Waals surface area (Å²) >= 11 is 0. The van der Waals surface area contributed by atoms with Gasteiger partial charge in [-0.1, -0.05) is 75.2 Å². The SMILES string of the molecule is CC(C)(C)C(CC(=O)NCC#CC(=O)O)NC(=O)OCC1c2ccccc2-c2ccccc21. The molecule has 0 saturated heterocycles. The number of fused-ring (bicyclic) bond motifs is 3. The number of carboxylic acids is 1. The minimum absolute atomic E-state index is 0.0163. The van der Waals surface area contributed by atoms with Crippen molar-refractivity contribution < 1.29 is 24.2 Å². The highest BCUT2D eigenvalue weighted by Crippen LogP contribution is 2.44. The lowest BCUT2D eigenvalue weighted by Gasteiger charge is -2.30. The molecular formula is C26H28N2O5. The van der Waals surface area contributed by atoms with E-state index in [2.05, 4.69) is 40.8 Å². The van der Waals surface area contributed by atoms with E-state index in [0.717, 1.165) is 22.3 Å². The number of alkyl carbamates (subject to hydrolysis) is 1. The standard InChI is InChI=1S/C26H28N2O5/c1-26(2,3)22(15-23(29)27-14-8-13-24(30)31)28-25(32)33-16-21-19-11-6-4-9-17(19)18-10-5-7-12-20(18)21/h4-7,9-12,21-22H,14-16H2,1-3H3,(H,27,29)(H,28,32)(H,30,31). The Morgan fingerprint density at radius 2 is 1.61 bits per heavy atom. The van der Waals surface area contributed by atoms with E-state index in [1.165, 1.54) is 0 Å². The van der Waals surface area contributed by atoms with Crippen LogP contribution in [0.25, 0.3) is 11.1 Å². The van der Waals surface area contributed by atoms with Gasteiger partial charge in [0.15, 0.2) is 0 Å². The Morgan fingerprint density at radius 1 is 1.03 bits per heavy atom. The fraction of sp³-hybridized carbons (Fsp3) is 0.346. The lowest BCUT2D eigenvalue weighted by molar-refractivity contribution is -0.130. The number of ether oxygens (including phenoxy) is 1. The molecule has 2 amide bonds. The summed E-state index contributed by atoms with van der Waals surface area (Å²) in [6.07, 6.45) is -0.571. The minimum atomic E-state index is -1.26. The Balaban J connectivity index is 1.61. The van der Waals surface area contributed by atoms with Crippen LogP contribution >= 0.6 is 0 Å². The molecule has 0 fully saturated rings. The first-order valence-corrected chi connectivity index (χ1v) is 10.8. The van der Waals surface area contributed by atoms with Gasteiger partial charge in [-0.2, -0.15) is 0 Å². The number of rotatable bonds is 6. The smallest absolute Gasteiger partial charge is 0.407 e. The lowest BCUT2D eigenvalue weighted by atomic mass is 9.84.